The van der Waals surface area contributed by atoms with Gasteiger partial charge in [-0.15, -0.1) is 0 Å². The second-order valence-corrected chi connectivity index (χ2v) is 19.9. The lowest BCUT2D eigenvalue weighted by Crippen LogP contribution is -2.64. The van der Waals surface area contributed by atoms with Crippen molar-refractivity contribution < 1.29 is 179 Å². The van der Waals surface area contributed by atoms with E-state index < -0.39 is 261 Å². The molecule has 0 aliphatic carbocycles. The number of aliphatic hydroxyl groups excluding tert-OH is 23. The summed E-state index contributed by atoms with van der Waals surface area (Å²) < 4.78 is 74.2. The number of hydrogen-bond donors (Lipinski definition) is 23. The van der Waals surface area contributed by atoms with Gasteiger partial charge in [-0.2, -0.15) is 0 Å². The van der Waals surface area contributed by atoms with E-state index in [4.69, 9.17) is 61.6 Å². The fourth-order valence-electron chi connectivity index (χ4n) is 10.2. The van der Waals surface area contributed by atoms with Crippen LogP contribution < -0.4 is 0 Å². The molecule has 0 spiro atoms. The van der Waals surface area contributed by atoms with E-state index >= 15 is 0 Å². The summed E-state index contributed by atoms with van der Waals surface area (Å²) in [6, 6.07) is 0. The molecule has 7 fully saturated rings. The average Bonchev–Trinajstić information content (AvgIpc) is 4.19. The van der Waals surface area contributed by atoms with Crippen LogP contribution in [0, 0.1) is 0 Å². The molecular weight excluding hydrogens is 1080 g/mol. The van der Waals surface area contributed by atoms with Crippen LogP contribution >= 0.6 is 0 Å². The van der Waals surface area contributed by atoms with Gasteiger partial charge >= 0.3 is 0 Å². The third-order valence-electron chi connectivity index (χ3n) is 15.1. The van der Waals surface area contributed by atoms with E-state index in [-0.39, 0.29) is 0 Å². The van der Waals surface area contributed by atoms with E-state index in [0.29, 0.717) is 0 Å². The summed E-state index contributed by atoms with van der Waals surface area (Å²) in [5.74, 6) is -16.9. The van der Waals surface area contributed by atoms with Crippen LogP contribution in [0.5, 0.6) is 0 Å². The molecule has 78 heavy (non-hydrogen) atoms. The second-order valence-electron chi connectivity index (χ2n) is 19.9. The molecule has 7 rings (SSSR count). The quantitative estimate of drug-likeness (QED) is 0.0404. The molecule has 7 saturated heterocycles. The van der Waals surface area contributed by atoms with Gasteiger partial charge in [-0.3, -0.25) is 0 Å². The molecule has 0 amide bonds. The summed E-state index contributed by atoms with van der Waals surface area (Å²) in [4.78, 5) is 0. The van der Waals surface area contributed by atoms with Crippen LogP contribution in [0.25, 0.3) is 0 Å². The van der Waals surface area contributed by atoms with Gasteiger partial charge in [0.05, 0.1) is 46.2 Å². The van der Waals surface area contributed by atoms with Gasteiger partial charge in [0, 0.05) is 0 Å². The van der Waals surface area contributed by atoms with Gasteiger partial charge in [0.25, 0.3) is 0 Å². The van der Waals surface area contributed by atoms with Crippen molar-refractivity contribution in [1.29, 1.82) is 0 Å². The molecule has 7 aliphatic heterocycles. The summed E-state index contributed by atoms with van der Waals surface area (Å²) in [5, 5.41) is 246. The first-order chi connectivity index (χ1) is 36.8. The van der Waals surface area contributed by atoms with Gasteiger partial charge in [0.15, 0.2) is 6.29 Å². The lowest BCUT2D eigenvalue weighted by Gasteiger charge is -2.45. The monoisotopic (exact) mass is 1150 g/mol. The second kappa shape index (κ2) is 25.0. The van der Waals surface area contributed by atoms with E-state index in [1.807, 2.05) is 0 Å². The van der Waals surface area contributed by atoms with Crippen LogP contribution in [0.15, 0.2) is 0 Å². The minimum absolute atomic E-state index is 0.860. The minimum Gasteiger partial charge on any atom is -0.394 e. The van der Waals surface area contributed by atoms with Crippen molar-refractivity contribution in [2.45, 2.75) is 175 Å². The highest BCUT2D eigenvalue weighted by molar-refractivity contribution is 5.06. The van der Waals surface area contributed by atoms with Crippen molar-refractivity contribution in [2.24, 2.45) is 0 Å². The molecule has 0 aromatic heterocycles. The fourth-order valence-corrected chi connectivity index (χ4v) is 10.2. The summed E-state index contributed by atoms with van der Waals surface area (Å²) >= 11 is 0. The first-order valence-corrected chi connectivity index (χ1v) is 24.5. The highest BCUT2D eigenvalue weighted by Crippen LogP contribution is 2.45. The van der Waals surface area contributed by atoms with Crippen LogP contribution in [0.3, 0.4) is 0 Å². The van der Waals surface area contributed by atoms with Crippen molar-refractivity contribution in [3.63, 3.8) is 0 Å². The van der Waals surface area contributed by atoms with Crippen molar-refractivity contribution in [2.75, 3.05) is 85.9 Å². The Morgan fingerprint density at radius 3 is 0.833 bits per heavy atom. The highest BCUT2D eigenvalue weighted by Gasteiger charge is 2.67. The molecular formula is C42H72O36. The number of rotatable bonds is 25. The molecule has 29 atom stereocenters. The Kier molecular flexibility index (Phi) is 20.6. The Bertz CT molecular complexity index is 1920. The first-order valence-electron chi connectivity index (χ1n) is 24.5. The summed E-state index contributed by atoms with van der Waals surface area (Å²) in [7, 11) is 0. The summed E-state index contributed by atoms with van der Waals surface area (Å²) in [6.45, 7) is -14.9. The first kappa shape index (κ1) is 64.1. The van der Waals surface area contributed by atoms with Crippen molar-refractivity contribution in [3.8, 4) is 0 Å². The van der Waals surface area contributed by atoms with Crippen LogP contribution in [-0.2, 0) is 61.6 Å². The van der Waals surface area contributed by atoms with Crippen LogP contribution in [0.2, 0.25) is 0 Å². The van der Waals surface area contributed by atoms with E-state index in [9.17, 15) is 117 Å². The van der Waals surface area contributed by atoms with E-state index in [1.165, 1.54) is 0 Å². The highest BCUT2D eigenvalue weighted by atomic mass is 16.8. The predicted molar refractivity (Wildman–Crippen MR) is 232 cm³/mol. The largest absolute Gasteiger partial charge is 0.394 e. The van der Waals surface area contributed by atoms with Crippen molar-refractivity contribution in [3.05, 3.63) is 0 Å². The Labute approximate surface area is 439 Å². The van der Waals surface area contributed by atoms with Crippen LogP contribution in [0.4, 0.5) is 0 Å². The molecule has 0 saturated carbocycles. The third kappa shape index (κ3) is 11.2. The maximum Gasteiger partial charge on any atom is 0.224 e. The normalized spacial score (nSPS) is 52.6. The SMILES string of the molecule is OCC1OC(CO)(OCC2OC(OC3(COC4(COC5(COC6(COC7(CO)OC(CO)C(O)C7O)OC(CO)C(O)C6O)OC(CO)C(O)C5O)OC(CO)C(O)C4O)OC(CO)C(O)C3O)C(O)C(O)C2O)C(O)C1O. The van der Waals surface area contributed by atoms with Gasteiger partial charge in [-0.25, -0.2) is 0 Å². The summed E-state index contributed by atoms with van der Waals surface area (Å²) in [5.41, 5.74) is 0. The smallest absolute Gasteiger partial charge is 0.224 e. The van der Waals surface area contributed by atoms with Gasteiger partial charge in [-0.1, -0.05) is 0 Å². The molecule has 23 N–H and O–H groups in total. The van der Waals surface area contributed by atoms with Crippen LogP contribution in [-0.4, -0.2) is 379 Å². The molecule has 0 bridgehead atoms. The standard InChI is InChI=1S/C42H72O36/c43-1-14-22(52)30(60)37(8-49,72-14)66-7-20-21(51)28(58)29(59)36(71-20)78-42(35(65)27(57)19(6-48)77-42)13-70-41(34(64)26(56)18(5-47)76-41)12-69-40(33(63)25(55)17(4-46)75-40)11-68-39(32(62)24(54)16(3-45)74-39)10-67-38(9-50)31(61)23(53)15(2-44)73-38/h14-36,43-65H,1-13H2. The zero-order chi connectivity index (χ0) is 57.7. The lowest BCUT2D eigenvalue weighted by atomic mass is 9.98. The average molecular weight is 1150 g/mol. The molecule has 456 valence electrons. The minimum atomic E-state index is -3.01. The predicted octanol–water partition coefficient (Wildman–Crippen LogP) is -16.3. The molecule has 7 heterocycles. The zero-order valence-corrected chi connectivity index (χ0v) is 41.1. The molecule has 0 aromatic rings. The van der Waals surface area contributed by atoms with Gasteiger partial charge in [0.1, 0.15) is 174 Å². The topological polar surface area (TPSA) is 585 Å². The number of aliphatic hydroxyl groups is 23. The van der Waals surface area contributed by atoms with E-state index in [0.717, 1.165) is 0 Å². The maximum atomic E-state index is 11.7. The lowest BCUT2D eigenvalue weighted by molar-refractivity contribution is -0.409. The fraction of sp³-hybridized carbons (Fsp3) is 1.00. The van der Waals surface area contributed by atoms with Gasteiger partial charge < -0.3 is 179 Å². The van der Waals surface area contributed by atoms with E-state index in [2.05, 4.69) is 0 Å². The van der Waals surface area contributed by atoms with Gasteiger partial charge in [0.2, 0.25) is 34.7 Å². The molecule has 7 aliphatic rings. The van der Waals surface area contributed by atoms with Crippen molar-refractivity contribution in [1.82, 2.24) is 0 Å². The molecule has 0 aromatic carbocycles. The van der Waals surface area contributed by atoms with E-state index in [1.54, 1.807) is 0 Å². The Morgan fingerprint density at radius 2 is 0.526 bits per heavy atom. The number of hydrogen-bond acceptors (Lipinski definition) is 36. The Hall–Kier alpha value is -1.44. The third-order valence-corrected chi connectivity index (χ3v) is 15.1. The van der Waals surface area contributed by atoms with Crippen molar-refractivity contribution >= 4 is 0 Å². The summed E-state index contributed by atoms with van der Waals surface area (Å²) in [6.07, 6.45) is -46.9. The molecule has 29 unspecified atom stereocenters. The zero-order valence-electron chi connectivity index (χ0n) is 41.1. The van der Waals surface area contributed by atoms with Gasteiger partial charge in [-0.05, 0) is 0 Å². The number of ether oxygens (including phenoxy) is 13. The molecule has 36 heteroatoms. The Balaban J connectivity index is 1.18. The maximum absolute atomic E-state index is 11.7. The molecule has 36 nitrogen and oxygen atoms in total. The van der Waals surface area contributed by atoms with Crippen LogP contribution in [0.1, 0.15) is 0 Å². The molecule has 0 radical (unpaired) electrons. The Morgan fingerprint density at radius 1 is 0.269 bits per heavy atom.